The molecule has 0 radical (unpaired) electrons. The van der Waals surface area contributed by atoms with Crippen molar-refractivity contribution < 1.29 is 7.76 Å². The molecule has 0 aliphatic carbocycles. The molecule has 2 heteroatoms. The van der Waals surface area contributed by atoms with Crippen LogP contribution in [0.4, 0.5) is 0 Å². The molecule has 1 rings (SSSR count). The van der Waals surface area contributed by atoms with E-state index in [1.54, 1.807) is 0 Å². The number of aromatic nitrogens is 2. The Balaban J connectivity index is 2.99. The van der Waals surface area contributed by atoms with Crippen molar-refractivity contribution in [2.45, 2.75) is 33.1 Å². The van der Waals surface area contributed by atoms with Crippen LogP contribution in [0, 0.1) is 6.92 Å². The lowest BCUT2D eigenvalue weighted by Gasteiger charge is -1.94. The Morgan fingerprint density at radius 3 is 3.00 bits per heavy atom. The van der Waals surface area contributed by atoms with Gasteiger partial charge in [-0.25, -0.2) is 9.54 Å². The Labute approximate surface area is 71.1 Å². The van der Waals surface area contributed by atoms with Gasteiger partial charge in [0.1, 0.15) is 13.2 Å². The van der Waals surface area contributed by atoms with Gasteiger partial charge in [0.2, 0.25) is 0 Å². The summed E-state index contributed by atoms with van der Waals surface area (Å²) in [5.74, 6) is 0.816. The van der Waals surface area contributed by atoms with Gasteiger partial charge in [0.05, 0.1) is 7.05 Å². The van der Waals surface area contributed by atoms with Crippen molar-refractivity contribution in [3.8, 4) is 0 Å². The van der Waals surface area contributed by atoms with E-state index >= 15 is 0 Å². The van der Waals surface area contributed by atoms with Crippen LogP contribution in [0.1, 0.15) is 32.7 Å². The van der Waals surface area contributed by atoms with Crippen LogP contribution < -0.4 is 4.98 Å². The molecule has 0 atom stereocenters. The zero-order valence-corrected chi connectivity index (χ0v) is 7.52. The van der Waals surface area contributed by atoms with Gasteiger partial charge >= 0.3 is 1.41 Å². The molecule has 0 amide bonds. The second kappa shape index (κ2) is 3.56. The van der Waals surface area contributed by atoms with Gasteiger partial charge in [0.15, 0.2) is 0 Å². The molecule has 1 heterocycles. The normalized spacial score (nSPS) is 13.0. The maximum Gasteiger partial charge on any atom is 0.311 e. The molecule has 0 aliphatic rings. The first-order valence-corrected chi connectivity index (χ1v) is 4.15. The smallest absolute Gasteiger partial charge is 0.248 e. The summed E-state index contributed by atoms with van der Waals surface area (Å²) in [6, 6.07) is 0. The highest BCUT2D eigenvalue weighted by Crippen LogP contribution is 2.02. The van der Waals surface area contributed by atoms with E-state index in [0.29, 0.717) is 6.17 Å². The summed E-state index contributed by atoms with van der Waals surface area (Å²) in [7, 11) is 1.92. The monoisotopic (exact) mass is 155 g/mol. The topological polar surface area (TPSA) is 19.1 Å². The number of nitrogens with one attached hydrogen (secondary N) is 1. The SMILES string of the molecule is [2H]c1c(CCCC)n(C)c(C)[n+]1[2H]. The fourth-order valence-corrected chi connectivity index (χ4v) is 1.06. The first-order valence-electron chi connectivity index (χ1n) is 5.10. The number of H-pyrrole nitrogens is 1. The highest BCUT2D eigenvalue weighted by molar-refractivity contribution is 4.96. The molecular formula is C9H17N2+. The molecule has 1 aromatic heterocycles. The van der Waals surface area contributed by atoms with Crippen molar-refractivity contribution in [2.75, 3.05) is 0 Å². The molecule has 0 saturated heterocycles. The molecule has 0 spiro atoms. The molecule has 62 valence electrons. The van der Waals surface area contributed by atoms with E-state index < -0.39 is 0 Å². The van der Waals surface area contributed by atoms with Crippen LogP contribution in [0.25, 0.3) is 0 Å². The Morgan fingerprint density at radius 1 is 1.82 bits per heavy atom. The minimum Gasteiger partial charge on any atom is -0.248 e. The summed E-state index contributed by atoms with van der Waals surface area (Å²) in [5.41, 5.74) is 0.967. The van der Waals surface area contributed by atoms with E-state index in [2.05, 4.69) is 6.92 Å². The molecule has 0 aromatic carbocycles. The predicted octanol–water partition coefficient (Wildman–Crippen LogP) is 1.49. The summed E-state index contributed by atoms with van der Waals surface area (Å²) in [5, 5.41) is 0. The molecule has 0 bridgehead atoms. The third-order valence-electron chi connectivity index (χ3n) is 2.00. The maximum absolute atomic E-state index is 7.69. The van der Waals surface area contributed by atoms with E-state index in [4.69, 9.17) is 2.78 Å². The van der Waals surface area contributed by atoms with Crippen molar-refractivity contribution in [1.29, 1.82) is 0 Å². The number of nitrogens with zero attached hydrogens (tertiary/aromatic N) is 1. The van der Waals surface area contributed by atoms with Gasteiger partial charge in [-0.05, 0) is 6.42 Å². The van der Waals surface area contributed by atoms with Crippen molar-refractivity contribution in [2.24, 2.45) is 7.05 Å². The van der Waals surface area contributed by atoms with Gasteiger partial charge in [-0.1, -0.05) is 13.3 Å². The molecule has 0 fully saturated rings. The minimum absolute atomic E-state index is 0.327. The average Bonchev–Trinajstić information content (AvgIpc) is 2.30. The molecule has 0 unspecified atom stereocenters. The van der Waals surface area contributed by atoms with Crippen LogP contribution in [0.15, 0.2) is 6.17 Å². The van der Waals surface area contributed by atoms with E-state index in [1.165, 1.54) is 4.98 Å². The quantitative estimate of drug-likeness (QED) is 0.630. The standard InChI is InChI=1S/C9H16N2/c1-4-5-6-9-7-10-8(2)11(9)3/h7H,4-6H2,1-3H3/p+1/i7D/hD. The summed E-state index contributed by atoms with van der Waals surface area (Å²) in [4.78, 5) is 1.19. The largest absolute Gasteiger partial charge is 0.311 e. The van der Waals surface area contributed by atoms with Gasteiger partial charge in [0.25, 0.3) is 5.82 Å². The van der Waals surface area contributed by atoms with Gasteiger partial charge in [-0.3, -0.25) is 0 Å². The van der Waals surface area contributed by atoms with Gasteiger partial charge in [-0.15, -0.1) is 0 Å². The molecule has 1 aromatic rings. The minimum atomic E-state index is 0.327. The Bertz CT molecular complexity index is 280. The summed E-state index contributed by atoms with van der Waals surface area (Å²) in [6.45, 7) is 3.99. The molecule has 1 N–H and O–H groups in total. The van der Waals surface area contributed by atoms with Gasteiger partial charge in [-0.2, -0.15) is 0 Å². The van der Waals surface area contributed by atoms with Crippen LogP contribution in [0.5, 0.6) is 0 Å². The highest BCUT2D eigenvalue weighted by Gasteiger charge is 2.07. The van der Waals surface area contributed by atoms with Crippen molar-refractivity contribution in [1.82, 2.24) is 4.57 Å². The zero-order chi connectivity index (χ0) is 10.0. The van der Waals surface area contributed by atoms with Crippen LogP contribution in [0.3, 0.4) is 0 Å². The Kier molecular flexibility index (Phi) is 1.88. The number of aromatic amines is 1. The molecule has 0 aliphatic heterocycles. The van der Waals surface area contributed by atoms with E-state index in [9.17, 15) is 0 Å². The third kappa shape index (κ3) is 1.82. The van der Waals surface area contributed by atoms with Crippen molar-refractivity contribution in [3.05, 3.63) is 17.7 Å². The van der Waals surface area contributed by atoms with Crippen LogP contribution in [-0.4, -0.2) is 4.57 Å². The lowest BCUT2D eigenvalue weighted by atomic mass is 10.2. The number of hydrogen-bond donors (Lipinski definition) is 0. The van der Waals surface area contributed by atoms with Crippen LogP contribution in [0.2, 0.25) is 1.41 Å². The summed E-state index contributed by atoms with van der Waals surface area (Å²) in [6.07, 6.45) is 3.44. The Morgan fingerprint density at radius 2 is 2.55 bits per heavy atom. The lowest BCUT2D eigenvalue weighted by molar-refractivity contribution is -0.387. The van der Waals surface area contributed by atoms with Crippen molar-refractivity contribution in [3.63, 3.8) is 0 Å². The van der Waals surface area contributed by atoms with Gasteiger partial charge in [0, 0.05) is 13.3 Å². The first kappa shape index (κ1) is 5.81. The average molecular weight is 155 g/mol. The second-order valence-corrected chi connectivity index (χ2v) is 2.88. The summed E-state index contributed by atoms with van der Waals surface area (Å²) >= 11 is 0. The molecule has 2 nitrogen and oxygen atoms in total. The molecule has 11 heavy (non-hydrogen) atoms. The number of rotatable bonds is 3. The van der Waals surface area contributed by atoms with Crippen LogP contribution in [-0.2, 0) is 13.5 Å². The number of hydrogen-bond acceptors (Lipinski definition) is 0. The highest BCUT2D eigenvalue weighted by atomic mass is 15.0. The molecule has 0 saturated carbocycles. The van der Waals surface area contributed by atoms with Crippen LogP contribution >= 0.6 is 0 Å². The second-order valence-electron chi connectivity index (χ2n) is 2.88. The fraction of sp³-hybridized carbons (Fsp3) is 0.667. The van der Waals surface area contributed by atoms with E-state index in [1.807, 2.05) is 18.5 Å². The third-order valence-corrected chi connectivity index (χ3v) is 2.00. The predicted molar refractivity (Wildman–Crippen MR) is 45.3 cm³/mol. The van der Waals surface area contributed by atoms with E-state index in [-0.39, 0.29) is 0 Å². The maximum atomic E-state index is 7.69. The number of unbranched alkanes of at least 4 members (excludes halogenated alkanes) is 1. The van der Waals surface area contributed by atoms with E-state index in [0.717, 1.165) is 30.8 Å². The van der Waals surface area contributed by atoms with Crippen molar-refractivity contribution >= 4 is 0 Å². The number of imidazole rings is 1. The lowest BCUT2D eigenvalue weighted by Crippen LogP contribution is -2.04. The molecular weight excluding hydrogens is 136 g/mol. The zero-order valence-electron chi connectivity index (χ0n) is 9.52. The first-order chi connectivity index (χ1) is 6.09. The summed E-state index contributed by atoms with van der Waals surface area (Å²) < 4.78 is 17.2. The van der Waals surface area contributed by atoms with Gasteiger partial charge < -0.3 is 0 Å². The fourth-order valence-electron chi connectivity index (χ4n) is 1.06. The Hall–Kier alpha value is -0.790.